The van der Waals surface area contributed by atoms with E-state index in [4.69, 9.17) is 5.73 Å². The highest BCUT2D eigenvalue weighted by atomic mass is 32.2. The van der Waals surface area contributed by atoms with Crippen molar-refractivity contribution in [3.63, 3.8) is 0 Å². The molecule has 0 saturated carbocycles. The molecule has 3 heterocycles. The summed E-state index contributed by atoms with van der Waals surface area (Å²) >= 11 is 3.15. The summed E-state index contributed by atoms with van der Waals surface area (Å²) in [5.41, 5.74) is 5.84. The Balaban J connectivity index is 1.70. The van der Waals surface area contributed by atoms with Gasteiger partial charge in [0.15, 0.2) is 10.5 Å². The summed E-state index contributed by atoms with van der Waals surface area (Å²) in [6.45, 7) is 1.70. The maximum Gasteiger partial charge on any atom is 0.236 e. The standard InChI is InChI=1S/C9H15N5O2S3/c10-7-8(14-2-4-18-9(14)13-7)19(15,16)12-5-6-11-1-3-17-6/h7-8,12H,1-5,10H2. The highest BCUT2D eigenvalue weighted by molar-refractivity contribution is 8.14. The van der Waals surface area contributed by atoms with Gasteiger partial charge in [0, 0.05) is 24.6 Å². The highest BCUT2D eigenvalue weighted by Gasteiger charge is 2.45. The topological polar surface area (TPSA) is 100 Å². The first-order valence-corrected chi connectivity index (χ1v) is 9.47. The average molecular weight is 321 g/mol. The van der Waals surface area contributed by atoms with E-state index in [1.807, 2.05) is 0 Å². The molecule has 0 bridgehead atoms. The van der Waals surface area contributed by atoms with E-state index in [0.717, 1.165) is 28.3 Å². The predicted molar refractivity (Wildman–Crippen MR) is 80.0 cm³/mol. The van der Waals surface area contributed by atoms with Gasteiger partial charge in [-0.3, -0.25) is 4.99 Å². The second kappa shape index (κ2) is 5.24. The number of nitrogens with zero attached hydrogens (tertiary/aromatic N) is 3. The van der Waals surface area contributed by atoms with Crippen molar-refractivity contribution >= 4 is 43.8 Å². The molecule has 0 aromatic carbocycles. The van der Waals surface area contributed by atoms with Gasteiger partial charge in [0.25, 0.3) is 0 Å². The Hall–Kier alpha value is -0.290. The molecule has 2 unspecified atom stereocenters. The van der Waals surface area contributed by atoms with E-state index in [2.05, 4.69) is 14.7 Å². The van der Waals surface area contributed by atoms with E-state index in [1.54, 1.807) is 28.4 Å². The van der Waals surface area contributed by atoms with Crippen molar-refractivity contribution < 1.29 is 8.42 Å². The molecule has 10 heteroatoms. The monoisotopic (exact) mass is 321 g/mol. The van der Waals surface area contributed by atoms with Crippen LogP contribution in [0.25, 0.3) is 0 Å². The molecule has 1 fully saturated rings. The van der Waals surface area contributed by atoms with Crippen molar-refractivity contribution in [1.29, 1.82) is 0 Å². The molecule has 3 N–H and O–H groups in total. The summed E-state index contributed by atoms with van der Waals surface area (Å²) in [4.78, 5) is 10.2. The molecule has 0 aromatic heterocycles. The third-order valence-electron chi connectivity index (χ3n) is 3.06. The van der Waals surface area contributed by atoms with Crippen LogP contribution >= 0.6 is 23.5 Å². The summed E-state index contributed by atoms with van der Waals surface area (Å²) < 4.78 is 27.3. The van der Waals surface area contributed by atoms with E-state index < -0.39 is 21.6 Å². The Morgan fingerprint density at radius 3 is 3.00 bits per heavy atom. The molecule has 0 spiro atoms. The Morgan fingerprint density at radius 1 is 1.42 bits per heavy atom. The lowest BCUT2D eigenvalue weighted by Crippen LogP contribution is -2.51. The molecule has 1 saturated heterocycles. The van der Waals surface area contributed by atoms with Crippen LogP contribution in [0.4, 0.5) is 0 Å². The van der Waals surface area contributed by atoms with E-state index in [-0.39, 0.29) is 6.54 Å². The van der Waals surface area contributed by atoms with Gasteiger partial charge in [0.1, 0.15) is 6.17 Å². The van der Waals surface area contributed by atoms with Crippen LogP contribution in [0.1, 0.15) is 0 Å². The molecule has 7 nitrogen and oxygen atoms in total. The molecule has 19 heavy (non-hydrogen) atoms. The Labute approximate surface area is 120 Å². The number of sulfonamides is 1. The first kappa shape index (κ1) is 13.7. The maximum absolute atomic E-state index is 12.4. The SMILES string of the molecule is NC1N=C2SCCN2C1S(=O)(=O)NCC1=NCCS1. The van der Waals surface area contributed by atoms with Gasteiger partial charge in [-0.15, -0.1) is 11.8 Å². The summed E-state index contributed by atoms with van der Waals surface area (Å²) in [7, 11) is -3.52. The van der Waals surface area contributed by atoms with Gasteiger partial charge >= 0.3 is 0 Å². The van der Waals surface area contributed by atoms with Crippen molar-refractivity contribution in [2.45, 2.75) is 11.5 Å². The Kier molecular flexibility index (Phi) is 3.78. The fourth-order valence-corrected chi connectivity index (χ4v) is 5.67. The van der Waals surface area contributed by atoms with Crippen molar-refractivity contribution in [1.82, 2.24) is 9.62 Å². The summed E-state index contributed by atoms with van der Waals surface area (Å²) in [6.07, 6.45) is -0.710. The summed E-state index contributed by atoms with van der Waals surface area (Å²) in [5, 5.41) is 0.798. The smallest absolute Gasteiger partial charge is 0.236 e. The number of hydrogen-bond donors (Lipinski definition) is 2. The minimum atomic E-state index is -3.52. The zero-order valence-corrected chi connectivity index (χ0v) is 12.6. The van der Waals surface area contributed by atoms with Crippen LogP contribution in [0.5, 0.6) is 0 Å². The van der Waals surface area contributed by atoms with Crippen LogP contribution in [0.2, 0.25) is 0 Å². The number of thioether (sulfide) groups is 2. The number of amidine groups is 1. The Bertz CT molecular complexity index is 532. The predicted octanol–water partition coefficient (Wildman–Crippen LogP) is -0.920. The fourth-order valence-electron chi connectivity index (χ4n) is 2.22. The quantitative estimate of drug-likeness (QED) is 0.695. The minimum Gasteiger partial charge on any atom is -0.330 e. The largest absolute Gasteiger partial charge is 0.330 e. The van der Waals surface area contributed by atoms with Crippen molar-refractivity contribution in [2.75, 3.05) is 31.1 Å². The van der Waals surface area contributed by atoms with Crippen molar-refractivity contribution in [3.05, 3.63) is 0 Å². The summed E-state index contributed by atoms with van der Waals surface area (Å²) in [5.74, 6) is 1.79. The van der Waals surface area contributed by atoms with Gasteiger partial charge in [-0.1, -0.05) is 11.8 Å². The fraction of sp³-hybridized carbons (Fsp3) is 0.778. The number of hydrogen-bond acceptors (Lipinski definition) is 8. The van der Waals surface area contributed by atoms with Crippen LogP contribution in [-0.4, -0.2) is 66.2 Å². The third kappa shape index (κ3) is 2.64. The van der Waals surface area contributed by atoms with Crippen LogP contribution in [-0.2, 0) is 10.0 Å². The van der Waals surface area contributed by atoms with Gasteiger partial charge in [-0.25, -0.2) is 18.1 Å². The molecule has 0 aromatic rings. The van der Waals surface area contributed by atoms with Crippen molar-refractivity contribution in [3.8, 4) is 0 Å². The van der Waals surface area contributed by atoms with Crippen molar-refractivity contribution in [2.24, 2.45) is 15.7 Å². The molecular weight excluding hydrogens is 306 g/mol. The van der Waals surface area contributed by atoms with Crippen LogP contribution in [0, 0.1) is 0 Å². The second-order valence-electron chi connectivity index (χ2n) is 4.32. The van der Waals surface area contributed by atoms with Crippen LogP contribution in [0.15, 0.2) is 9.98 Å². The van der Waals surface area contributed by atoms with E-state index in [1.165, 1.54) is 0 Å². The Morgan fingerprint density at radius 2 is 2.26 bits per heavy atom. The van der Waals surface area contributed by atoms with Gasteiger partial charge in [0.05, 0.1) is 11.6 Å². The molecule has 0 aliphatic carbocycles. The maximum atomic E-state index is 12.4. The summed E-state index contributed by atoms with van der Waals surface area (Å²) in [6, 6.07) is 0. The normalized spacial score (nSPS) is 30.5. The molecule has 3 aliphatic heterocycles. The number of aliphatic imine (C=N–C) groups is 2. The number of nitrogens with one attached hydrogen (secondary N) is 1. The van der Waals surface area contributed by atoms with Gasteiger partial charge < -0.3 is 10.6 Å². The van der Waals surface area contributed by atoms with Crippen LogP contribution < -0.4 is 10.5 Å². The van der Waals surface area contributed by atoms with E-state index in [0.29, 0.717) is 6.54 Å². The lowest BCUT2D eigenvalue weighted by Gasteiger charge is -2.24. The zero-order chi connectivity index (χ0) is 13.5. The number of fused-ring (bicyclic) bond motifs is 1. The highest BCUT2D eigenvalue weighted by Crippen LogP contribution is 2.29. The zero-order valence-electron chi connectivity index (χ0n) is 10.2. The lowest BCUT2D eigenvalue weighted by atomic mass is 10.5. The second-order valence-corrected chi connectivity index (χ2v) is 8.42. The minimum absolute atomic E-state index is 0.256. The first-order valence-electron chi connectivity index (χ1n) is 5.95. The third-order valence-corrected chi connectivity index (χ3v) is 6.75. The van der Waals surface area contributed by atoms with Crippen LogP contribution in [0.3, 0.4) is 0 Å². The average Bonchev–Trinajstić information content (AvgIpc) is 3.01. The molecule has 0 amide bonds. The molecule has 2 atom stereocenters. The molecule has 3 rings (SSSR count). The molecule has 106 valence electrons. The molecule has 3 aliphatic rings. The van der Waals surface area contributed by atoms with Gasteiger partial charge in [-0.05, 0) is 0 Å². The number of nitrogens with two attached hydrogens (primary N) is 1. The van der Waals surface area contributed by atoms with Gasteiger partial charge in [0.2, 0.25) is 10.0 Å². The molecule has 0 radical (unpaired) electrons. The van der Waals surface area contributed by atoms with Gasteiger partial charge in [-0.2, -0.15) is 0 Å². The van der Waals surface area contributed by atoms with E-state index >= 15 is 0 Å². The molecular formula is C9H15N5O2S3. The van der Waals surface area contributed by atoms with E-state index in [9.17, 15) is 8.42 Å². The lowest BCUT2D eigenvalue weighted by molar-refractivity contribution is 0.398. The number of rotatable bonds is 4. The first-order chi connectivity index (χ1) is 9.08.